The van der Waals surface area contributed by atoms with Crippen molar-refractivity contribution in [1.29, 1.82) is 0 Å². The summed E-state index contributed by atoms with van der Waals surface area (Å²) in [6, 6.07) is 4.13. The lowest BCUT2D eigenvalue weighted by Gasteiger charge is -2.27. The Morgan fingerprint density at radius 2 is 2.32 bits per heavy atom. The van der Waals surface area contributed by atoms with Gasteiger partial charge in [-0.1, -0.05) is 0 Å². The summed E-state index contributed by atoms with van der Waals surface area (Å²) in [4.78, 5) is 15.7. The lowest BCUT2D eigenvalue weighted by molar-refractivity contribution is -0.133. The molecule has 0 saturated heterocycles. The summed E-state index contributed by atoms with van der Waals surface area (Å²) in [7, 11) is 0. The highest BCUT2D eigenvalue weighted by molar-refractivity contribution is 7.10. The molecular formula is C14H17N3OS. The van der Waals surface area contributed by atoms with Crippen LogP contribution in [0.5, 0.6) is 0 Å². The second kappa shape index (κ2) is 4.81. The maximum Gasteiger partial charge on any atom is 0.244 e. The lowest BCUT2D eigenvalue weighted by atomic mass is 10.1. The summed E-state index contributed by atoms with van der Waals surface area (Å²) in [6.45, 7) is 5.86. The van der Waals surface area contributed by atoms with E-state index < -0.39 is 0 Å². The van der Waals surface area contributed by atoms with E-state index in [9.17, 15) is 4.79 Å². The fraction of sp³-hybridized carbons (Fsp3) is 0.429. The van der Waals surface area contributed by atoms with Gasteiger partial charge in [-0.05, 0) is 43.3 Å². The van der Waals surface area contributed by atoms with Crippen LogP contribution in [0.15, 0.2) is 17.5 Å². The van der Waals surface area contributed by atoms with Crippen molar-refractivity contribution >= 4 is 17.2 Å². The monoisotopic (exact) mass is 275 g/mol. The molecule has 3 heterocycles. The van der Waals surface area contributed by atoms with Crippen LogP contribution < -0.4 is 0 Å². The number of amides is 1. The van der Waals surface area contributed by atoms with Crippen LogP contribution >= 0.6 is 11.3 Å². The average Bonchev–Trinajstić information content (AvgIpc) is 2.95. The predicted molar refractivity (Wildman–Crippen MR) is 75.1 cm³/mol. The Bertz CT molecular complexity index is 614. The standard InChI is InChI=1S/C14H17N3OS/c1-10-7-11(2)17(15-10)9-14(18)16-5-3-13-12(8-16)4-6-19-13/h4,6-7H,3,5,8-9H2,1-2H3. The van der Waals surface area contributed by atoms with Gasteiger partial charge in [0.05, 0.1) is 5.69 Å². The fourth-order valence-electron chi connectivity index (χ4n) is 2.52. The number of hydrogen-bond acceptors (Lipinski definition) is 3. The molecule has 5 heteroatoms. The van der Waals surface area contributed by atoms with Gasteiger partial charge >= 0.3 is 0 Å². The quantitative estimate of drug-likeness (QED) is 0.842. The number of fused-ring (bicyclic) bond motifs is 1. The molecule has 1 aliphatic rings. The van der Waals surface area contributed by atoms with E-state index in [-0.39, 0.29) is 5.91 Å². The van der Waals surface area contributed by atoms with Gasteiger partial charge in [0, 0.05) is 23.7 Å². The number of carbonyl (C=O) groups excluding carboxylic acids is 1. The number of aryl methyl sites for hydroxylation is 2. The number of carbonyl (C=O) groups is 1. The Hall–Kier alpha value is -1.62. The number of aromatic nitrogens is 2. The molecule has 19 heavy (non-hydrogen) atoms. The Labute approximate surface area is 116 Å². The maximum absolute atomic E-state index is 12.3. The molecule has 100 valence electrons. The molecule has 0 aliphatic carbocycles. The predicted octanol–water partition coefficient (Wildman–Crippen LogP) is 2.15. The van der Waals surface area contributed by atoms with E-state index in [4.69, 9.17) is 0 Å². The van der Waals surface area contributed by atoms with Gasteiger partial charge in [-0.15, -0.1) is 11.3 Å². The molecule has 2 aromatic rings. The van der Waals surface area contributed by atoms with Crippen LogP contribution in [0.2, 0.25) is 0 Å². The van der Waals surface area contributed by atoms with Gasteiger partial charge < -0.3 is 4.90 Å². The summed E-state index contributed by atoms with van der Waals surface area (Å²) in [5.41, 5.74) is 3.31. The van der Waals surface area contributed by atoms with Crippen molar-refractivity contribution in [2.24, 2.45) is 0 Å². The van der Waals surface area contributed by atoms with Gasteiger partial charge in [0.15, 0.2) is 0 Å². The third kappa shape index (κ3) is 2.42. The zero-order chi connectivity index (χ0) is 13.4. The minimum atomic E-state index is 0.156. The highest BCUT2D eigenvalue weighted by Crippen LogP contribution is 2.24. The Morgan fingerprint density at radius 1 is 1.47 bits per heavy atom. The molecule has 0 bridgehead atoms. The van der Waals surface area contributed by atoms with E-state index >= 15 is 0 Å². The van der Waals surface area contributed by atoms with Crippen molar-refractivity contribution in [2.45, 2.75) is 33.4 Å². The van der Waals surface area contributed by atoms with Crippen LogP contribution in [-0.4, -0.2) is 27.1 Å². The molecule has 0 N–H and O–H groups in total. The van der Waals surface area contributed by atoms with E-state index in [0.717, 1.165) is 30.9 Å². The molecule has 0 spiro atoms. The van der Waals surface area contributed by atoms with Gasteiger partial charge in [0.1, 0.15) is 6.54 Å². The second-order valence-electron chi connectivity index (χ2n) is 5.02. The molecule has 1 aliphatic heterocycles. The first kappa shape index (κ1) is 12.4. The molecule has 4 nitrogen and oxygen atoms in total. The molecule has 0 fully saturated rings. The van der Waals surface area contributed by atoms with Crippen molar-refractivity contribution in [3.05, 3.63) is 39.3 Å². The Morgan fingerprint density at radius 3 is 3.05 bits per heavy atom. The fourth-order valence-corrected chi connectivity index (χ4v) is 3.41. The lowest BCUT2D eigenvalue weighted by Crippen LogP contribution is -2.37. The van der Waals surface area contributed by atoms with Crippen LogP contribution in [0.3, 0.4) is 0 Å². The third-order valence-corrected chi connectivity index (χ3v) is 4.57. The van der Waals surface area contributed by atoms with Crippen LogP contribution in [0, 0.1) is 13.8 Å². The van der Waals surface area contributed by atoms with Gasteiger partial charge in [-0.3, -0.25) is 9.48 Å². The smallest absolute Gasteiger partial charge is 0.244 e. The Kier molecular flexibility index (Phi) is 3.14. The summed E-state index contributed by atoms with van der Waals surface area (Å²) in [6.07, 6.45) is 0.982. The minimum Gasteiger partial charge on any atom is -0.336 e. The SMILES string of the molecule is Cc1cc(C)n(CC(=O)N2CCc3sccc3C2)n1. The average molecular weight is 275 g/mol. The first-order valence-corrected chi connectivity index (χ1v) is 7.35. The molecule has 2 aromatic heterocycles. The van der Waals surface area contributed by atoms with E-state index in [1.165, 1.54) is 10.4 Å². The summed E-state index contributed by atoms with van der Waals surface area (Å²) >= 11 is 1.79. The first-order valence-electron chi connectivity index (χ1n) is 6.47. The van der Waals surface area contributed by atoms with Crippen LogP contribution in [0.1, 0.15) is 21.8 Å². The normalized spacial score (nSPS) is 14.5. The number of thiophene rings is 1. The van der Waals surface area contributed by atoms with Gasteiger partial charge in [-0.2, -0.15) is 5.10 Å². The van der Waals surface area contributed by atoms with Crippen molar-refractivity contribution in [2.75, 3.05) is 6.54 Å². The number of hydrogen-bond donors (Lipinski definition) is 0. The third-order valence-electron chi connectivity index (χ3n) is 3.55. The van der Waals surface area contributed by atoms with E-state index in [1.807, 2.05) is 24.8 Å². The van der Waals surface area contributed by atoms with E-state index in [0.29, 0.717) is 6.54 Å². The second-order valence-corrected chi connectivity index (χ2v) is 6.02. The molecule has 0 saturated carbocycles. The minimum absolute atomic E-state index is 0.156. The van der Waals surface area contributed by atoms with Crippen molar-refractivity contribution in [3.63, 3.8) is 0 Å². The number of nitrogens with zero attached hydrogens (tertiary/aromatic N) is 3. The first-order chi connectivity index (χ1) is 9.13. The van der Waals surface area contributed by atoms with E-state index in [1.54, 1.807) is 16.0 Å². The van der Waals surface area contributed by atoms with E-state index in [2.05, 4.69) is 16.5 Å². The molecule has 1 amide bonds. The molecular weight excluding hydrogens is 258 g/mol. The summed E-state index contributed by atoms with van der Waals surface area (Å²) in [5.74, 6) is 0.156. The molecule has 3 rings (SSSR count). The number of rotatable bonds is 2. The van der Waals surface area contributed by atoms with Gasteiger partial charge in [0.25, 0.3) is 0 Å². The summed E-state index contributed by atoms with van der Waals surface area (Å²) < 4.78 is 1.79. The largest absolute Gasteiger partial charge is 0.336 e. The molecule has 0 aromatic carbocycles. The molecule has 0 unspecified atom stereocenters. The highest BCUT2D eigenvalue weighted by Gasteiger charge is 2.22. The van der Waals surface area contributed by atoms with Gasteiger partial charge in [0.2, 0.25) is 5.91 Å². The van der Waals surface area contributed by atoms with Crippen LogP contribution in [-0.2, 0) is 24.3 Å². The van der Waals surface area contributed by atoms with Crippen molar-refractivity contribution in [1.82, 2.24) is 14.7 Å². The maximum atomic E-state index is 12.3. The van der Waals surface area contributed by atoms with Crippen molar-refractivity contribution < 1.29 is 4.79 Å². The Balaban J connectivity index is 1.70. The van der Waals surface area contributed by atoms with Crippen molar-refractivity contribution in [3.8, 4) is 0 Å². The highest BCUT2D eigenvalue weighted by atomic mass is 32.1. The van der Waals surface area contributed by atoms with Gasteiger partial charge in [-0.25, -0.2) is 0 Å². The molecule has 0 atom stereocenters. The van der Waals surface area contributed by atoms with Crippen LogP contribution in [0.25, 0.3) is 0 Å². The topological polar surface area (TPSA) is 38.1 Å². The zero-order valence-corrected chi connectivity index (χ0v) is 12.0. The zero-order valence-electron chi connectivity index (χ0n) is 11.2. The van der Waals surface area contributed by atoms with Crippen LogP contribution in [0.4, 0.5) is 0 Å². The summed E-state index contributed by atoms with van der Waals surface area (Å²) in [5, 5.41) is 6.46. The molecule has 0 radical (unpaired) electrons.